The number of para-hydroxylation sites is 1. The fourth-order valence-corrected chi connectivity index (χ4v) is 4.80. The maximum atomic E-state index is 12.1. The number of fused-ring (bicyclic) bond motifs is 1. The Hall–Kier alpha value is -1.67. The molecule has 1 aromatic rings. The van der Waals surface area contributed by atoms with Crippen LogP contribution in [0.5, 0.6) is 0 Å². The van der Waals surface area contributed by atoms with Crippen LogP contribution in [0.3, 0.4) is 0 Å². The number of nitrogens with one attached hydrogen (secondary N) is 2. The molecule has 2 aliphatic rings. The number of anilines is 1. The van der Waals surface area contributed by atoms with E-state index in [9.17, 15) is 14.4 Å². The number of carbonyl (C=O) groups excluding carboxylic acids is 3. The van der Waals surface area contributed by atoms with Crippen molar-refractivity contribution in [3.05, 3.63) is 24.3 Å². The average molecular weight is 366 g/mol. The Morgan fingerprint density at radius 3 is 2.88 bits per heavy atom. The Bertz CT molecular complexity index is 676. The largest absolute Gasteiger partial charge is 0.468 e. The first-order valence-electron chi connectivity index (χ1n) is 7.62. The van der Waals surface area contributed by atoms with Crippen LogP contribution in [-0.2, 0) is 19.1 Å². The van der Waals surface area contributed by atoms with Gasteiger partial charge in [0.05, 0.1) is 12.8 Å². The summed E-state index contributed by atoms with van der Waals surface area (Å²) in [6.07, 6.45) is 1.08. The van der Waals surface area contributed by atoms with Crippen LogP contribution >= 0.6 is 23.5 Å². The van der Waals surface area contributed by atoms with E-state index in [-0.39, 0.29) is 16.4 Å². The van der Waals surface area contributed by atoms with Gasteiger partial charge in [-0.15, -0.1) is 11.8 Å². The van der Waals surface area contributed by atoms with Crippen molar-refractivity contribution in [1.82, 2.24) is 5.32 Å². The van der Waals surface area contributed by atoms with Gasteiger partial charge in [0.25, 0.3) is 0 Å². The molecule has 2 amide bonds. The monoisotopic (exact) mass is 366 g/mol. The summed E-state index contributed by atoms with van der Waals surface area (Å²) in [5.41, 5.74) is -0.138. The van der Waals surface area contributed by atoms with Crippen LogP contribution in [0.25, 0.3) is 0 Å². The summed E-state index contributed by atoms with van der Waals surface area (Å²) in [6, 6.07) is 7.68. The van der Waals surface area contributed by atoms with Crippen molar-refractivity contribution < 1.29 is 19.1 Å². The van der Waals surface area contributed by atoms with Crippen LogP contribution in [0.1, 0.15) is 12.8 Å². The van der Waals surface area contributed by atoms with E-state index >= 15 is 0 Å². The zero-order chi connectivity index (χ0) is 17.2. The zero-order valence-electron chi connectivity index (χ0n) is 13.2. The molecule has 1 aromatic carbocycles. The summed E-state index contributed by atoms with van der Waals surface area (Å²) >= 11 is 2.99. The first kappa shape index (κ1) is 17.2. The van der Waals surface area contributed by atoms with Gasteiger partial charge in [-0.05, 0) is 25.0 Å². The molecule has 6 nitrogen and oxygen atoms in total. The maximum Gasteiger partial charge on any atom is 0.321 e. The second kappa shape index (κ2) is 7.06. The minimum Gasteiger partial charge on any atom is -0.468 e. The molecule has 1 saturated carbocycles. The number of hydrogen-bond donors (Lipinski definition) is 2. The molecule has 0 bridgehead atoms. The summed E-state index contributed by atoms with van der Waals surface area (Å²) < 4.78 is 4.44. The highest BCUT2D eigenvalue weighted by atomic mass is 32.2. The van der Waals surface area contributed by atoms with Gasteiger partial charge in [0.15, 0.2) is 0 Å². The minimum atomic E-state index is -0.977. The van der Waals surface area contributed by atoms with Crippen LogP contribution in [0.2, 0.25) is 0 Å². The molecule has 0 saturated heterocycles. The van der Waals surface area contributed by atoms with Crippen LogP contribution < -0.4 is 10.6 Å². The summed E-state index contributed by atoms with van der Waals surface area (Å²) in [7, 11) is 1.29. The van der Waals surface area contributed by atoms with E-state index in [0.717, 1.165) is 10.6 Å². The molecule has 1 fully saturated rings. The fourth-order valence-electron chi connectivity index (χ4n) is 2.49. The van der Waals surface area contributed by atoms with Crippen molar-refractivity contribution in [2.45, 2.75) is 22.3 Å². The van der Waals surface area contributed by atoms with Gasteiger partial charge in [-0.25, -0.2) is 0 Å². The first-order chi connectivity index (χ1) is 11.6. The zero-order valence-corrected chi connectivity index (χ0v) is 14.8. The Morgan fingerprint density at radius 1 is 1.42 bits per heavy atom. The summed E-state index contributed by atoms with van der Waals surface area (Å²) in [5.74, 6) is -0.188. The van der Waals surface area contributed by atoms with E-state index < -0.39 is 11.4 Å². The molecular formula is C16H18N2O4S2. The van der Waals surface area contributed by atoms with E-state index in [1.807, 2.05) is 24.3 Å². The van der Waals surface area contributed by atoms with Gasteiger partial charge in [-0.2, -0.15) is 0 Å². The molecule has 1 unspecified atom stereocenters. The number of ether oxygens (including phenoxy) is 1. The Labute approximate surface area is 148 Å². The van der Waals surface area contributed by atoms with Crippen LogP contribution in [-0.4, -0.2) is 41.8 Å². The molecule has 1 heterocycles. The Balaban J connectivity index is 1.45. The lowest BCUT2D eigenvalue weighted by Crippen LogP contribution is -2.39. The molecule has 0 aromatic heterocycles. The van der Waals surface area contributed by atoms with Crippen molar-refractivity contribution in [3.8, 4) is 0 Å². The second-order valence-corrected chi connectivity index (χ2v) is 8.29. The summed E-state index contributed by atoms with van der Waals surface area (Å²) in [5, 5.41) is 5.66. The summed E-state index contributed by atoms with van der Waals surface area (Å²) in [6.45, 7) is 0.411. The smallest absolute Gasteiger partial charge is 0.321 e. The van der Waals surface area contributed by atoms with Gasteiger partial charge in [0.2, 0.25) is 11.8 Å². The number of hydrogen-bond acceptors (Lipinski definition) is 6. The molecule has 8 heteroatoms. The summed E-state index contributed by atoms with van der Waals surface area (Å²) in [4.78, 5) is 36.9. The van der Waals surface area contributed by atoms with Crippen LogP contribution in [0.4, 0.5) is 5.69 Å². The van der Waals surface area contributed by atoms with Crippen LogP contribution in [0, 0.1) is 5.41 Å². The first-order valence-corrected chi connectivity index (χ1v) is 9.54. The molecular weight excluding hydrogens is 348 g/mol. The number of carbonyl (C=O) groups is 3. The van der Waals surface area contributed by atoms with Crippen molar-refractivity contribution in [2.24, 2.45) is 5.41 Å². The Kier molecular flexibility index (Phi) is 5.05. The van der Waals surface area contributed by atoms with E-state index in [1.54, 1.807) is 0 Å². The number of methoxy groups -OCH3 is 1. The molecule has 1 aliphatic carbocycles. The molecule has 3 rings (SSSR count). The standard InChI is InChI=1S/C16H18N2O4S2/c1-22-15(21)16(6-7-16)14(20)17-8-9-23-13-12(19)18-10-4-2-3-5-11(10)24-13/h2-5,13H,6-9H2,1H3,(H,17,20)(H,18,19). The predicted molar refractivity (Wildman–Crippen MR) is 93.9 cm³/mol. The van der Waals surface area contributed by atoms with Gasteiger partial charge >= 0.3 is 5.97 Å². The number of rotatable bonds is 6. The Morgan fingerprint density at radius 2 is 2.17 bits per heavy atom. The molecule has 1 atom stereocenters. The third-order valence-electron chi connectivity index (χ3n) is 4.01. The van der Waals surface area contributed by atoms with E-state index in [0.29, 0.717) is 25.1 Å². The van der Waals surface area contributed by atoms with E-state index in [1.165, 1.54) is 30.6 Å². The van der Waals surface area contributed by atoms with Crippen molar-refractivity contribution >= 4 is 47.0 Å². The highest BCUT2D eigenvalue weighted by Gasteiger charge is 2.57. The topological polar surface area (TPSA) is 84.5 Å². The number of thioether (sulfide) groups is 2. The highest BCUT2D eigenvalue weighted by Crippen LogP contribution is 2.47. The normalized spacial score (nSPS) is 20.5. The van der Waals surface area contributed by atoms with Crippen molar-refractivity contribution in [1.29, 1.82) is 0 Å². The molecule has 24 heavy (non-hydrogen) atoms. The van der Waals surface area contributed by atoms with Gasteiger partial charge < -0.3 is 15.4 Å². The van der Waals surface area contributed by atoms with Gasteiger partial charge in [-0.1, -0.05) is 23.9 Å². The lowest BCUT2D eigenvalue weighted by atomic mass is 10.1. The molecule has 0 radical (unpaired) electrons. The average Bonchev–Trinajstić information content (AvgIpc) is 3.40. The van der Waals surface area contributed by atoms with Gasteiger partial charge in [0, 0.05) is 17.2 Å². The molecule has 128 valence electrons. The van der Waals surface area contributed by atoms with Gasteiger partial charge in [0.1, 0.15) is 10.00 Å². The van der Waals surface area contributed by atoms with Crippen molar-refractivity contribution in [3.63, 3.8) is 0 Å². The number of esters is 1. The minimum absolute atomic E-state index is 0.0387. The van der Waals surface area contributed by atoms with Crippen LogP contribution in [0.15, 0.2) is 29.2 Å². The number of amides is 2. The van der Waals surface area contributed by atoms with E-state index in [2.05, 4.69) is 15.4 Å². The predicted octanol–water partition coefficient (Wildman–Crippen LogP) is 1.86. The number of benzene rings is 1. The lowest BCUT2D eigenvalue weighted by Gasteiger charge is -2.23. The maximum absolute atomic E-state index is 12.1. The molecule has 1 aliphatic heterocycles. The fraction of sp³-hybridized carbons (Fsp3) is 0.438. The quantitative estimate of drug-likeness (QED) is 0.454. The lowest BCUT2D eigenvalue weighted by molar-refractivity contribution is -0.152. The molecule has 0 spiro atoms. The van der Waals surface area contributed by atoms with Crippen molar-refractivity contribution in [2.75, 3.05) is 24.7 Å². The third-order valence-corrected chi connectivity index (χ3v) is 6.70. The molecule has 2 N–H and O–H groups in total. The second-order valence-electron chi connectivity index (χ2n) is 5.64. The van der Waals surface area contributed by atoms with Gasteiger partial charge in [-0.3, -0.25) is 14.4 Å². The highest BCUT2D eigenvalue weighted by molar-refractivity contribution is 8.18. The van der Waals surface area contributed by atoms with E-state index in [4.69, 9.17) is 0 Å². The third kappa shape index (κ3) is 3.39. The SMILES string of the molecule is COC(=O)C1(C(=O)NCCSC2Sc3ccccc3NC2=O)CC1.